The third kappa shape index (κ3) is 3.62. The fraction of sp³-hybridized carbons (Fsp3) is 0.143. The third-order valence-corrected chi connectivity index (χ3v) is 4.19. The molecule has 0 saturated carbocycles. The van der Waals surface area contributed by atoms with Crippen molar-refractivity contribution in [2.75, 3.05) is 12.0 Å². The Morgan fingerprint density at radius 1 is 1.06 bits per heavy atom. The predicted molar refractivity (Wildman–Crippen MR) is 77.5 cm³/mol. The maximum Gasteiger partial charge on any atom is 0.173 e. The van der Waals surface area contributed by atoms with E-state index in [2.05, 4.69) is 4.98 Å². The summed E-state index contributed by atoms with van der Waals surface area (Å²) in [7, 11) is 0. The van der Waals surface area contributed by atoms with Crippen LogP contribution in [-0.4, -0.2) is 22.8 Å². The number of Topliss-reactive ketones (excluding diaryl/α,β-unsaturated/α-hetero) is 1. The molecule has 0 atom stereocenters. The Morgan fingerprint density at radius 3 is 2.33 bits per heavy atom. The van der Waals surface area contributed by atoms with Gasteiger partial charge in [0.25, 0.3) is 0 Å². The molecule has 0 aliphatic heterocycles. The topological polar surface area (TPSA) is 30.0 Å². The fourth-order valence-electron chi connectivity index (χ4n) is 1.44. The minimum atomic E-state index is 0.157. The lowest BCUT2D eigenvalue weighted by Crippen LogP contribution is -2.01. The maximum atomic E-state index is 12.0. The smallest absolute Gasteiger partial charge is 0.173 e. The zero-order valence-electron chi connectivity index (χ0n) is 10.00. The number of pyridine rings is 1. The fourth-order valence-corrected chi connectivity index (χ4v) is 2.63. The Hall–Kier alpha value is -1.26. The van der Waals surface area contributed by atoms with Crippen LogP contribution < -0.4 is 0 Å². The number of carbonyl (C=O) groups excluding carboxylic acids is 1. The van der Waals surface area contributed by atoms with E-state index in [9.17, 15) is 4.79 Å². The van der Waals surface area contributed by atoms with E-state index < -0.39 is 0 Å². The zero-order chi connectivity index (χ0) is 12.8. The molecule has 0 unspecified atom stereocenters. The largest absolute Gasteiger partial charge is 0.293 e. The molecule has 18 heavy (non-hydrogen) atoms. The molecule has 0 bridgehead atoms. The number of aromatic nitrogens is 1. The summed E-state index contributed by atoms with van der Waals surface area (Å²) in [6, 6.07) is 11.6. The number of hydrogen-bond acceptors (Lipinski definition) is 4. The first-order valence-electron chi connectivity index (χ1n) is 5.49. The molecular weight excluding hydrogens is 262 g/mol. The summed E-state index contributed by atoms with van der Waals surface area (Å²) in [6.07, 6.45) is 5.50. The van der Waals surface area contributed by atoms with Crippen molar-refractivity contribution >= 4 is 29.3 Å². The molecule has 2 aromatic rings. The van der Waals surface area contributed by atoms with Crippen LogP contribution in [0.25, 0.3) is 0 Å². The first kappa shape index (κ1) is 13.2. The molecular formula is C14H13NOS2. The minimum absolute atomic E-state index is 0.157. The van der Waals surface area contributed by atoms with Crippen molar-refractivity contribution in [2.24, 2.45) is 0 Å². The Balaban J connectivity index is 1.95. The third-order valence-electron chi connectivity index (χ3n) is 2.43. The van der Waals surface area contributed by atoms with Gasteiger partial charge in [0.2, 0.25) is 0 Å². The van der Waals surface area contributed by atoms with Crippen LogP contribution in [0.15, 0.2) is 58.6 Å². The molecule has 1 aromatic carbocycles. The van der Waals surface area contributed by atoms with Crippen LogP contribution in [-0.2, 0) is 0 Å². The van der Waals surface area contributed by atoms with Gasteiger partial charge in [-0.2, -0.15) is 0 Å². The van der Waals surface area contributed by atoms with Gasteiger partial charge < -0.3 is 0 Å². The first-order chi connectivity index (χ1) is 8.79. The van der Waals surface area contributed by atoms with Crippen molar-refractivity contribution in [2.45, 2.75) is 9.79 Å². The highest BCUT2D eigenvalue weighted by Crippen LogP contribution is 2.19. The van der Waals surface area contributed by atoms with E-state index >= 15 is 0 Å². The summed E-state index contributed by atoms with van der Waals surface area (Å²) in [5, 5.41) is 0. The zero-order valence-corrected chi connectivity index (χ0v) is 11.6. The van der Waals surface area contributed by atoms with Crippen LogP contribution in [0.5, 0.6) is 0 Å². The van der Waals surface area contributed by atoms with Gasteiger partial charge in [-0.15, -0.1) is 23.5 Å². The first-order valence-corrected chi connectivity index (χ1v) is 7.70. The van der Waals surface area contributed by atoms with E-state index in [4.69, 9.17) is 0 Å². The van der Waals surface area contributed by atoms with Gasteiger partial charge in [-0.3, -0.25) is 9.78 Å². The highest BCUT2D eigenvalue weighted by atomic mass is 32.2. The standard InChI is InChI=1S/C14H13NOS2/c1-17-12-4-2-11(3-5-12)14(16)10-18-13-6-8-15-9-7-13/h2-9H,10H2,1H3. The summed E-state index contributed by atoms with van der Waals surface area (Å²) < 4.78 is 0. The van der Waals surface area contributed by atoms with E-state index in [1.165, 1.54) is 16.7 Å². The molecule has 1 heterocycles. The molecule has 92 valence electrons. The van der Waals surface area contributed by atoms with Crippen LogP contribution >= 0.6 is 23.5 Å². The van der Waals surface area contributed by atoms with Gasteiger partial charge in [-0.1, -0.05) is 12.1 Å². The number of hydrogen-bond donors (Lipinski definition) is 0. The Morgan fingerprint density at radius 2 is 1.72 bits per heavy atom. The second-order valence-corrected chi connectivity index (χ2v) is 5.55. The van der Waals surface area contributed by atoms with Crippen molar-refractivity contribution in [3.05, 3.63) is 54.4 Å². The molecule has 0 spiro atoms. The van der Waals surface area contributed by atoms with Gasteiger partial charge in [0, 0.05) is 27.7 Å². The number of thioether (sulfide) groups is 2. The summed E-state index contributed by atoms with van der Waals surface area (Å²) in [5.74, 6) is 0.618. The second kappa shape index (κ2) is 6.61. The quantitative estimate of drug-likeness (QED) is 0.613. The predicted octanol–water partition coefficient (Wildman–Crippen LogP) is 3.78. The minimum Gasteiger partial charge on any atom is -0.293 e. The van der Waals surface area contributed by atoms with Gasteiger partial charge in [0.15, 0.2) is 5.78 Å². The van der Waals surface area contributed by atoms with Crippen LogP contribution in [0.2, 0.25) is 0 Å². The molecule has 0 N–H and O–H groups in total. The van der Waals surface area contributed by atoms with Crippen molar-refractivity contribution in [1.82, 2.24) is 4.98 Å². The molecule has 0 amide bonds. The Bertz CT molecular complexity index is 511. The van der Waals surface area contributed by atoms with E-state index in [0.717, 1.165) is 10.5 Å². The highest BCUT2D eigenvalue weighted by Gasteiger charge is 2.06. The summed E-state index contributed by atoms with van der Waals surface area (Å²) in [5.41, 5.74) is 0.773. The monoisotopic (exact) mass is 275 g/mol. The molecule has 0 radical (unpaired) electrons. The van der Waals surface area contributed by atoms with Gasteiger partial charge >= 0.3 is 0 Å². The number of nitrogens with zero attached hydrogens (tertiary/aromatic N) is 1. The number of carbonyl (C=O) groups is 1. The maximum absolute atomic E-state index is 12.0. The molecule has 2 nitrogen and oxygen atoms in total. The van der Waals surface area contributed by atoms with Crippen molar-refractivity contribution in [3.63, 3.8) is 0 Å². The highest BCUT2D eigenvalue weighted by molar-refractivity contribution is 8.00. The summed E-state index contributed by atoms with van der Waals surface area (Å²) in [6.45, 7) is 0. The molecule has 4 heteroatoms. The van der Waals surface area contributed by atoms with Crippen LogP contribution in [0.4, 0.5) is 0 Å². The number of rotatable bonds is 5. The normalized spacial score (nSPS) is 10.3. The average molecular weight is 275 g/mol. The number of benzene rings is 1. The lowest BCUT2D eigenvalue weighted by atomic mass is 10.1. The summed E-state index contributed by atoms with van der Waals surface area (Å²) in [4.78, 5) is 18.2. The summed E-state index contributed by atoms with van der Waals surface area (Å²) >= 11 is 3.21. The van der Waals surface area contributed by atoms with Crippen LogP contribution in [0, 0.1) is 0 Å². The van der Waals surface area contributed by atoms with Gasteiger partial charge in [0.1, 0.15) is 0 Å². The van der Waals surface area contributed by atoms with Gasteiger partial charge in [-0.05, 0) is 30.5 Å². The number of ketones is 1. The van der Waals surface area contributed by atoms with E-state index in [-0.39, 0.29) is 5.78 Å². The van der Waals surface area contributed by atoms with E-state index in [0.29, 0.717) is 5.75 Å². The lowest BCUT2D eigenvalue weighted by Gasteiger charge is -2.02. The second-order valence-electron chi connectivity index (χ2n) is 3.62. The molecule has 0 aliphatic carbocycles. The Labute approximate surface area is 115 Å². The van der Waals surface area contributed by atoms with Crippen molar-refractivity contribution in [3.8, 4) is 0 Å². The molecule has 2 rings (SSSR count). The van der Waals surface area contributed by atoms with E-state index in [1.807, 2.05) is 42.7 Å². The van der Waals surface area contributed by atoms with Crippen LogP contribution in [0.1, 0.15) is 10.4 Å². The SMILES string of the molecule is CSc1ccc(C(=O)CSc2ccncc2)cc1. The van der Waals surface area contributed by atoms with E-state index in [1.54, 1.807) is 24.2 Å². The molecule has 1 aromatic heterocycles. The Kier molecular flexibility index (Phi) is 4.84. The van der Waals surface area contributed by atoms with Gasteiger partial charge in [0.05, 0.1) is 5.75 Å². The lowest BCUT2D eigenvalue weighted by molar-refractivity contribution is 0.102. The average Bonchev–Trinajstić information content (AvgIpc) is 2.46. The van der Waals surface area contributed by atoms with Gasteiger partial charge in [-0.25, -0.2) is 0 Å². The molecule has 0 saturated heterocycles. The van der Waals surface area contributed by atoms with Crippen molar-refractivity contribution in [1.29, 1.82) is 0 Å². The molecule has 0 fully saturated rings. The van der Waals surface area contributed by atoms with Crippen LogP contribution in [0.3, 0.4) is 0 Å². The van der Waals surface area contributed by atoms with Crippen molar-refractivity contribution < 1.29 is 4.79 Å². The molecule has 0 aliphatic rings.